The maximum absolute atomic E-state index is 10.7. The van der Waals surface area contributed by atoms with Crippen LogP contribution in [-0.2, 0) is 0 Å². The molecule has 0 saturated heterocycles. The van der Waals surface area contributed by atoms with Crippen molar-refractivity contribution < 1.29 is 4.79 Å². The number of nitrogens with zero attached hydrogens (tertiary/aromatic N) is 1. The molecule has 4 nitrogen and oxygen atoms in total. The number of nitrogens with one attached hydrogen (secondary N) is 1. The number of carbonyl (C=O) groups is 1. The molecule has 1 saturated carbocycles. The summed E-state index contributed by atoms with van der Waals surface area (Å²) in [7, 11) is 0. The molecule has 0 bridgehead atoms. The van der Waals surface area contributed by atoms with E-state index in [-0.39, 0.29) is 0 Å². The number of carbonyl (C=O) groups excluding carboxylic acids is 1. The lowest BCUT2D eigenvalue weighted by molar-refractivity contribution is -0.0390. The van der Waals surface area contributed by atoms with Gasteiger partial charge in [-0.25, -0.2) is 10.2 Å². The minimum atomic E-state index is -0.611. The molecule has 2 aliphatic rings. The summed E-state index contributed by atoms with van der Waals surface area (Å²) in [5.41, 5.74) is 12.2. The van der Waals surface area contributed by atoms with Crippen molar-refractivity contribution in [2.24, 2.45) is 33.5 Å². The van der Waals surface area contributed by atoms with Crippen molar-refractivity contribution in [2.45, 2.75) is 92.9 Å². The number of hydrogen-bond acceptors (Lipinski definition) is 2. The molecule has 0 aromatic carbocycles. The summed E-state index contributed by atoms with van der Waals surface area (Å²) in [6.45, 7) is 14.1. The predicted molar refractivity (Wildman–Crippen MR) is 119 cm³/mol. The third-order valence-electron chi connectivity index (χ3n) is 7.48. The average molecular weight is 388 g/mol. The zero-order valence-corrected chi connectivity index (χ0v) is 18.9. The van der Waals surface area contributed by atoms with Crippen molar-refractivity contribution in [3.63, 3.8) is 0 Å². The summed E-state index contributed by atoms with van der Waals surface area (Å²) in [4.78, 5) is 10.7. The normalized spacial score (nSPS) is 30.4. The molecular formula is C24H41N3O. The molecular weight excluding hydrogens is 346 g/mol. The van der Waals surface area contributed by atoms with Gasteiger partial charge < -0.3 is 5.73 Å². The fraction of sp³-hybridized carbons (Fsp3) is 0.750. The molecule has 0 heterocycles. The first-order valence-electron chi connectivity index (χ1n) is 11.0. The number of nitrogens with two attached hydrogens (primary N) is 1. The van der Waals surface area contributed by atoms with Crippen molar-refractivity contribution in [2.75, 3.05) is 0 Å². The van der Waals surface area contributed by atoms with Crippen LogP contribution in [0.25, 0.3) is 0 Å². The molecule has 0 aromatic heterocycles. The second-order valence-electron chi connectivity index (χ2n) is 10.1. The molecule has 0 aliphatic heterocycles. The standard InChI is InChI=1S/C24H41N3O/c1-17(9-7-10-19(3)26-27-22(25)28)11-13-20-18(2)12-14-21-23(4,5)15-8-16-24(20,21)6/h9,12,20-21H,7-8,10-11,13-16H2,1-6H3,(H3,25,27,28)/b17-9+,26-19-. The van der Waals surface area contributed by atoms with Crippen LogP contribution in [0.15, 0.2) is 28.4 Å². The molecule has 2 amide bonds. The largest absolute Gasteiger partial charge is 0.350 e. The summed E-state index contributed by atoms with van der Waals surface area (Å²) < 4.78 is 0. The summed E-state index contributed by atoms with van der Waals surface area (Å²) >= 11 is 0. The number of allylic oxidation sites excluding steroid dienone is 4. The van der Waals surface area contributed by atoms with Crippen molar-refractivity contribution in [1.29, 1.82) is 0 Å². The van der Waals surface area contributed by atoms with Gasteiger partial charge in [0.15, 0.2) is 0 Å². The third kappa shape index (κ3) is 5.48. The van der Waals surface area contributed by atoms with Crippen molar-refractivity contribution in [1.82, 2.24) is 5.43 Å². The third-order valence-corrected chi connectivity index (χ3v) is 7.48. The van der Waals surface area contributed by atoms with Gasteiger partial charge in [-0.1, -0.05) is 50.5 Å². The Hall–Kier alpha value is -1.58. The van der Waals surface area contributed by atoms with Crippen LogP contribution in [0.3, 0.4) is 0 Å². The molecule has 3 atom stereocenters. The van der Waals surface area contributed by atoms with E-state index >= 15 is 0 Å². The van der Waals surface area contributed by atoms with Gasteiger partial charge >= 0.3 is 6.03 Å². The lowest BCUT2D eigenvalue weighted by Crippen LogP contribution is -2.48. The molecule has 4 heteroatoms. The van der Waals surface area contributed by atoms with Crippen LogP contribution in [0.1, 0.15) is 92.9 Å². The van der Waals surface area contributed by atoms with Crippen LogP contribution in [-0.4, -0.2) is 11.7 Å². The summed E-state index contributed by atoms with van der Waals surface area (Å²) in [6.07, 6.45) is 14.5. The molecule has 0 radical (unpaired) electrons. The van der Waals surface area contributed by atoms with Gasteiger partial charge in [0, 0.05) is 5.71 Å². The first-order valence-corrected chi connectivity index (χ1v) is 11.0. The van der Waals surface area contributed by atoms with Gasteiger partial charge in [-0.3, -0.25) is 0 Å². The Bertz CT molecular complexity index is 659. The Balaban J connectivity index is 1.95. The number of fused-ring (bicyclic) bond motifs is 1. The topological polar surface area (TPSA) is 67.5 Å². The Kier molecular flexibility index (Phi) is 7.52. The summed E-state index contributed by atoms with van der Waals surface area (Å²) in [5, 5.41) is 3.97. The second-order valence-corrected chi connectivity index (χ2v) is 10.1. The highest BCUT2D eigenvalue weighted by atomic mass is 16.2. The first-order chi connectivity index (χ1) is 13.1. The van der Waals surface area contributed by atoms with E-state index in [1.165, 1.54) is 37.7 Å². The predicted octanol–water partition coefficient (Wildman–Crippen LogP) is 6.34. The van der Waals surface area contributed by atoms with Crippen molar-refractivity contribution in [3.05, 3.63) is 23.3 Å². The van der Waals surface area contributed by atoms with Gasteiger partial charge in [0.2, 0.25) is 0 Å². The van der Waals surface area contributed by atoms with Gasteiger partial charge in [0.05, 0.1) is 0 Å². The summed E-state index contributed by atoms with van der Waals surface area (Å²) in [5.74, 6) is 1.51. The van der Waals surface area contributed by atoms with Crippen molar-refractivity contribution >= 4 is 11.7 Å². The molecule has 2 aliphatic carbocycles. The van der Waals surface area contributed by atoms with E-state index < -0.39 is 6.03 Å². The second kappa shape index (κ2) is 9.28. The maximum atomic E-state index is 10.7. The number of hydrazone groups is 1. The Morgan fingerprint density at radius 2 is 2.00 bits per heavy atom. The van der Waals surface area contributed by atoms with E-state index in [0.29, 0.717) is 16.7 Å². The molecule has 3 N–H and O–H groups in total. The number of hydrogen-bond donors (Lipinski definition) is 2. The van der Waals surface area contributed by atoms with Crippen LogP contribution in [0, 0.1) is 22.7 Å². The Morgan fingerprint density at radius 3 is 2.68 bits per heavy atom. The number of primary amides is 1. The van der Waals surface area contributed by atoms with E-state index in [2.05, 4.69) is 57.3 Å². The molecule has 158 valence electrons. The van der Waals surface area contributed by atoms with Crippen LogP contribution >= 0.6 is 0 Å². The maximum Gasteiger partial charge on any atom is 0.332 e. The van der Waals surface area contributed by atoms with Gasteiger partial charge in [-0.05, 0) is 88.4 Å². The number of amides is 2. The van der Waals surface area contributed by atoms with Crippen molar-refractivity contribution in [3.8, 4) is 0 Å². The Morgan fingerprint density at radius 1 is 1.29 bits per heavy atom. The molecule has 3 unspecified atom stereocenters. The first kappa shape index (κ1) is 22.7. The Labute approximate surface area is 172 Å². The van der Waals surface area contributed by atoms with Crippen LogP contribution < -0.4 is 11.2 Å². The van der Waals surface area contributed by atoms with Crippen LogP contribution in [0.2, 0.25) is 0 Å². The summed E-state index contributed by atoms with van der Waals surface area (Å²) in [6, 6.07) is -0.611. The quantitative estimate of drug-likeness (QED) is 0.299. The SMILES string of the molecule is CC1=CCC2C(C)(C)CCCC2(C)C1CC/C(C)=C/CC/C(C)=N\NC(N)=O. The van der Waals surface area contributed by atoms with Gasteiger partial charge in [0.1, 0.15) is 0 Å². The molecule has 0 aromatic rings. The van der Waals surface area contributed by atoms with E-state index in [1.807, 2.05) is 6.92 Å². The minimum Gasteiger partial charge on any atom is -0.350 e. The highest BCUT2D eigenvalue weighted by Gasteiger charge is 2.51. The lowest BCUT2D eigenvalue weighted by atomic mass is 9.48. The fourth-order valence-corrected chi connectivity index (χ4v) is 5.90. The van der Waals surface area contributed by atoms with E-state index in [0.717, 1.165) is 30.9 Å². The van der Waals surface area contributed by atoms with E-state index in [1.54, 1.807) is 5.57 Å². The highest BCUT2D eigenvalue weighted by Crippen LogP contribution is 2.60. The number of rotatable bonds is 7. The van der Waals surface area contributed by atoms with Gasteiger partial charge in [-0.15, -0.1) is 0 Å². The number of urea groups is 1. The van der Waals surface area contributed by atoms with Gasteiger partial charge in [0.25, 0.3) is 0 Å². The minimum absolute atomic E-state index is 0.449. The fourth-order valence-electron chi connectivity index (χ4n) is 5.90. The van der Waals surface area contributed by atoms with Crippen LogP contribution in [0.4, 0.5) is 4.79 Å². The van der Waals surface area contributed by atoms with Gasteiger partial charge in [-0.2, -0.15) is 5.10 Å². The molecule has 28 heavy (non-hydrogen) atoms. The monoisotopic (exact) mass is 387 g/mol. The smallest absolute Gasteiger partial charge is 0.332 e. The highest BCUT2D eigenvalue weighted by molar-refractivity contribution is 5.83. The molecule has 2 rings (SSSR count). The van der Waals surface area contributed by atoms with E-state index in [9.17, 15) is 4.79 Å². The average Bonchev–Trinajstić information content (AvgIpc) is 2.58. The zero-order chi connectivity index (χ0) is 20.9. The molecule has 0 spiro atoms. The van der Waals surface area contributed by atoms with E-state index in [4.69, 9.17) is 5.73 Å². The molecule has 1 fully saturated rings. The zero-order valence-electron chi connectivity index (χ0n) is 18.9. The lowest BCUT2D eigenvalue weighted by Gasteiger charge is -2.57. The van der Waals surface area contributed by atoms with Crippen LogP contribution in [0.5, 0.6) is 0 Å².